The summed E-state index contributed by atoms with van der Waals surface area (Å²) in [5.41, 5.74) is 5.90. The zero-order valence-electron chi connectivity index (χ0n) is 18.4. The molecule has 0 amide bonds. The van der Waals surface area contributed by atoms with Crippen LogP contribution in [0.25, 0.3) is 22.5 Å². The predicted molar refractivity (Wildman–Crippen MR) is 137 cm³/mol. The van der Waals surface area contributed by atoms with Gasteiger partial charge in [-0.3, -0.25) is 0 Å². The molecule has 0 aliphatic rings. The largest absolute Gasteiger partial charge is 0.366 e. The summed E-state index contributed by atoms with van der Waals surface area (Å²) < 4.78 is 13.6. The van der Waals surface area contributed by atoms with Crippen molar-refractivity contribution in [3.63, 3.8) is 0 Å². The van der Waals surface area contributed by atoms with Crippen molar-refractivity contribution in [2.24, 2.45) is 0 Å². The number of nitrogens with one attached hydrogen (secondary N) is 2. The summed E-state index contributed by atoms with van der Waals surface area (Å²) in [5, 5.41) is 4.20. The molecule has 2 aromatic heterocycles. The first-order valence-electron chi connectivity index (χ1n) is 11.0. The van der Waals surface area contributed by atoms with Gasteiger partial charge in [-0.25, -0.2) is 14.4 Å². The van der Waals surface area contributed by atoms with E-state index >= 15 is 0 Å². The highest BCUT2D eigenvalue weighted by atomic mass is 32.2. The topological polar surface area (TPSA) is 53.6 Å². The van der Waals surface area contributed by atoms with Gasteiger partial charge in [0.1, 0.15) is 11.6 Å². The Morgan fingerprint density at radius 2 is 1.50 bits per heavy atom. The standard InChI is InChI=1S/C28H23FN4S/c29-24-13-11-22(12-14-24)26-27(33-28(32-26)34-19-21-9-5-2-6-10-21)23-15-16-30-25(17-23)31-18-20-7-3-1-4-8-20/h1-17H,18-19H2,(H,30,31)(H,32,33). The van der Waals surface area contributed by atoms with Crippen LogP contribution in [0.2, 0.25) is 0 Å². The minimum atomic E-state index is -0.264. The molecule has 168 valence electrons. The van der Waals surface area contributed by atoms with Gasteiger partial charge in [-0.1, -0.05) is 72.4 Å². The van der Waals surface area contributed by atoms with Crippen molar-refractivity contribution in [3.8, 4) is 22.5 Å². The zero-order valence-corrected chi connectivity index (χ0v) is 19.2. The van der Waals surface area contributed by atoms with E-state index in [1.807, 2.05) is 48.5 Å². The van der Waals surface area contributed by atoms with Crippen molar-refractivity contribution in [2.75, 3.05) is 5.32 Å². The summed E-state index contributed by atoms with van der Waals surface area (Å²) in [6, 6.07) is 30.9. The quantitative estimate of drug-likeness (QED) is 0.238. The van der Waals surface area contributed by atoms with E-state index in [2.05, 4.69) is 39.6 Å². The van der Waals surface area contributed by atoms with Gasteiger partial charge in [0.2, 0.25) is 0 Å². The summed E-state index contributed by atoms with van der Waals surface area (Å²) in [7, 11) is 0. The van der Waals surface area contributed by atoms with Gasteiger partial charge in [-0.2, -0.15) is 0 Å². The maximum Gasteiger partial charge on any atom is 0.166 e. The molecule has 3 aromatic carbocycles. The summed E-state index contributed by atoms with van der Waals surface area (Å²) in [4.78, 5) is 12.8. The number of halogens is 1. The van der Waals surface area contributed by atoms with Crippen LogP contribution in [0.4, 0.5) is 10.2 Å². The van der Waals surface area contributed by atoms with Gasteiger partial charge in [-0.05, 0) is 47.5 Å². The first kappa shape index (κ1) is 21.9. The molecule has 0 spiro atoms. The third kappa shape index (κ3) is 5.35. The van der Waals surface area contributed by atoms with Crippen molar-refractivity contribution in [1.82, 2.24) is 15.0 Å². The van der Waals surface area contributed by atoms with Crippen LogP contribution in [-0.2, 0) is 12.3 Å². The Morgan fingerprint density at radius 1 is 0.794 bits per heavy atom. The minimum absolute atomic E-state index is 0.264. The molecule has 5 aromatic rings. The Labute approximate surface area is 202 Å². The number of aromatic nitrogens is 3. The van der Waals surface area contributed by atoms with E-state index in [0.717, 1.165) is 39.2 Å². The molecular weight excluding hydrogens is 443 g/mol. The molecule has 34 heavy (non-hydrogen) atoms. The van der Waals surface area contributed by atoms with Crippen LogP contribution in [-0.4, -0.2) is 15.0 Å². The lowest BCUT2D eigenvalue weighted by Crippen LogP contribution is -2.01. The number of imidazole rings is 1. The van der Waals surface area contributed by atoms with Gasteiger partial charge >= 0.3 is 0 Å². The maximum atomic E-state index is 13.6. The fourth-order valence-corrected chi connectivity index (χ4v) is 4.47. The number of pyridine rings is 1. The highest BCUT2D eigenvalue weighted by Crippen LogP contribution is 2.34. The average molecular weight is 467 g/mol. The summed E-state index contributed by atoms with van der Waals surface area (Å²) in [5.74, 6) is 1.31. The number of anilines is 1. The van der Waals surface area contributed by atoms with Crippen molar-refractivity contribution >= 4 is 17.6 Å². The fraction of sp³-hybridized carbons (Fsp3) is 0.0714. The number of aromatic amines is 1. The summed E-state index contributed by atoms with van der Waals surface area (Å²) in [6.07, 6.45) is 1.78. The van der Waals surface area contributed by atoms with Crippen molar-refractivity contribution in [1.29, 1.82) is 0 Å². The first-order valence-corrected chi connectivity index (χ1v) is 12.0. The molecule has 0 unspecified atom stereocenters. The second kappa shape index (κ2) is 10.4. The number of nitrogens with zero attached hydrogens (tertiary/aromatic N) is 2. The lowest BCUT2D eigenvalue weighted by atomic mass is 10.1. The van der Waals surface area contributed by atoms with Gasteiger partial charge in [-0.15, -0.1) is 0 Å². The average Bonchev–Trinajstić information content (AvgIpc) is 3.32. The summed E-state index contributed by atoms with van der Waals surface area (Å²) >= 11 is 1.64. The molecule has 0 fully saturated rings. The normalized spacial score (nSPS) is 10.9. The smallest absolute Gasteiger partial charge is 0.166 e. The Morgan fingerprint density at radius 3 is 2.24 bits per heavy atom. The van der Waals surface area contributed by atoms with Crippen LogP contribution >= 0.6 is 11.8 Å². The number of rotatable bonds is 8. The van der Waals surface area contributed by atoms with E-state index < -0.39 is 0 Å². The maximum absolute atomic E-state index is 13.6. The van der Waals surface area contributed by atoms with Crippen molar-refractivity contribution in [3.05, 3.63) is 120 Å². The lowest BCUT2D eigenvalue weighted by molar-refractivity contribution is 0.628. The molecule has 0 aliphatic carbocycles. The molecule has 0 atom stereocenters. The Kier molecular flexibility index (Phi) is 6.68. The van der Waals surface area contributed by atoms with Crippen LogP contribution in [0.15, 0.2) is 108 Å². The molecule has 0 radical (unpaired) electrons. The van der Waals surface area contributed by atoms with E-state index in [9.17, 15) is 4.39 Å². The zero-order chi connectivity index (χ0) is 23.2. The SMILES string of the molecule is Fc1ccc(-c2[nH]c(SCc3ccccc3)nc2-c2ccnc(NCc3ccccc3)c2)cc1. The molecule has 6 heteroatoms. The highest BCUT2D eigenvalue weighted by molar-refractivity contribution is 7.98. The van der Waals surface area contributed by atoms with Crippen molar-refractivity contribution in [2.45, 2.75) is 17.5 Å². The molecule has 4 nitrogen and oxygen atoms in total. The van der Waals surface area contributed by atoms with E-state index in [1.54, 1.807) is 30.1 Å². The van der Waals surface area contributed by atoms with E-state index in [4.69, 9.17) is 4.98 Å². The first-order chi connectivity index (χ1) is 16.7. The molecule has 2 heterocycles. The number of hydrogen-bond acceptors (Lipinski definition) is 4. The Hall–Kier alpha value is -3.90. The predicted octanol–water partition coefficient (Wildman–Crippen LogP) is 7.18. The molecule has 0 aliphatic heterocycles. The lowest BCUT2D eigenvalue weighted by Gasteiger charge is -2.08. The monoisotopic (exact) mass is 466 g/mol. The van der Waals surface area contributed by atoms with Gasteiger partial charge in [0.25, 0.3) is 0 Å². The van der Waals surface area contributed by atoms with Crippen LogP contribution in [0, 0.1) is 5.82 Å². The van der Waals surface area contributed by atoms with Crippen LogP contribution < -0.4 is 5.32 Å². The van der Waals surface area contributed by atoms with E-state index in [0.29, 0.717) is 6.54 Å². The van der Waals surface area contributed by atoms with Crippen molar-refractivity contribution < 1.29 is 4.39 Å². The van der Waals surface area contributed by atoms with E-state index in [-0.39, 0.29) is 5.82 Å². The van der Waals surface area contributed by atoms with Gasteiger partial charge in [0.15, 0.2) is 5.16 Å². The highest BCUT2D eigenvalue weighted by Gasteiger charge is 2.16. The molecule has 0 saturated heterocycles. The molecular formula is C28H23FN4S. The summed E-state index contributed by atoms with van der Waals surface area (Å²) in [6.45, 7) is 0.681. The molecule has 0 saturated carbocycles. The third-order valence-electron chi connectivity index (χ3n) is 5.38. The second-order valence-electron chi connectivity index (χ2n) is 7.82. The molecule has 0 bridgehead atoms. The Balaban J connectivity index is 1.44. The van der Waals surface area contributed by atoms with Crippen LogP contribution in [0.3, 0.4) is 0 Å². The minimum Gasteiger partial charge on any atom is -0.366 e. The Bertz CT molecular complexity index is 1350. The van der Waals surface area contributed by atoms with Crippen LogP contribution in [0.1, 0.15) is 11.1 Å². The number of H-pyrrole nitrogens is 1. The number of hydrogen-bond donors (Lipinski definition) is 2. The molecule has 5 rings (SSSR count). The second-order valence-corrected chi connectivity index (χ2v) is 8.78. The van der Waals surface area contributed by atoms with Gasteiger partial charge < -0.3 is 10.3 Å². The number of benzene rings is 3. The number of thioether (sulfide) groups is 1. The van der Waals surface area contributed by atoms with Crippen LogP contribution in [0.5, 0.6) is 0 Å². The van der Waals surface area contributed by atoms with Gasteiger partial charge in [0.05, 0.1) is 11.4 Å². The fourth-order valence-electron chi connectivity index (χ4n) is 3.64. The molecule has 2 N–H and O–H groups in total. The third-order valence-corrected chi connectivity index (χ3v) is 6.33. The van der Waals surface area contributed by atoms with Gasteiger partial charge in [0, 0.05) is 29.6 Å². The van der Waals surface area contributed by atoms with E-state index in [1.165, 1.54) is 23.3 Å².